The summed E-state index contributed by atoms with van der Waals surface area (Å²) in [6.07, 6.45) is 1.11. The lowest BCUT2D eigenvalue weighted by Crippen LogP contribution is -2.28. The lowest BCUT2D eigenvalue weighted by atomic mass is 9.98. The van der Waals surface area contributed by atoms with E-state index in [1.54, 1.807) is 24.4 Å². The number of ether oxygens (including phenoxy) is 1. The molecule has 4 N–H and O–H groups in total. The molecule has 0 saturated heterocycles. The summed E-state index contributed by atoms with van der Waals surface area (Å²) in [6.45, 7) is 6.91. The molecule has 2 aromatic heterocycles. The van der Waals surface area contributed by atoms with Gasteiger partial charge in [0.05, 0.1) is 34.1 Å². The van der Waals surface area contributed by atoms with E-state index in [2.05, 4.69) is 46.1 Å². The average molecular weight is 445 g/mol. The van der Waals surface area contributed by atoms with Gasteiger partial charge in [-0.2, -0.15) is 0 Å². The highest BCUT2D eigenvalue weighted by Gasteiger charge is 2.25. The number of aromatic nitrogens is 3. The van der Waals surface area contributed by atoms with E-state index < -0.39 is 11.9 Å². The Bertz CT molecular complexity index is 1080. The second-order valence-corrected chi connectivity index (χ2v) is 8.77. The standard InChI is InChI=1S/C21H25FN6O2S/c1-21(2,3)18-28-16(12-6-5-7-13(23)15(12)22)17(31-18)14-8-9-24-19(27-14)25-10-11-26-20(29)30-4/h5-9H,10-11,23H2,1-4H3,(H,26,29)(H,24,25,27). The number of hydrogen-bond acceptors (Lipinski definition) is 8. The Kier molecular flexibility index (Phi) is 6.69. The Morgan fingerprint density at radius 2 is 2.00 bits per heavy atom. The van der Waals surface area contributed by atoms with E-state index in [0.29, 0.717) is 36.0 Å². The van der Waals surface area contributed by atoms with Crippen LogP contribution in [0.2, 0.25) is 0 Å². The second-order valence-electron chi connectivity index (χ2n) is 7.77. The summed E-state index contributed by atoms with van der Waals surface area (Å²) < 4.78 is 19.3. The van der Waals surface area contributed by atoms with Crippen LogP contribution >= 0.6 is 11.3 Å². The lowest BCUT2D eigenvalue weighted by Gasteiger charge is -2.13. The molecule has 3 aromatic rings. The minimum absolute atomic E-state index is 0.0666. The third-order valence-electron chi connectivity index (χ3n) is 4.30. The van der Waals surface area contributed by atoms with E-state index in [-0.39, 0.29) is 11.1 Å². The fraction of sp³-hybridized carbons (Fsp3) is 0.333. The Morgan fingerprint density at radius 3 is 2.71 bits per heavy atom. The van der Waals surface area contributed by atoms with Crippen LogP contribution < -0.4 is 16.4 Å². The molecule has 0 aliphatic rings. The number of nitrogen functional groups attached to an aromatic ring is 1. The number of carbonyl (C=O) groups is 1. The van der Waals surface area contributed by atoms with Gasteiger partial charge in [0, 0.05) is 30.3 Å². The summed E-state index contributed by atoms with van der Waals surface area (Å²) in [5.74, 6) is -0.121. The van der Waals surface area contributed by atoms with Crippen LogP contribution in [0.1, 0.15) is 25.8 Å². The first-order valence-corrected chi connectivity index (χ1v) is 10.5. The fourth-order valence-electron chi connectivity index (χ4n) is 2.71. The normalized spacial score (nSPS) is 11.3. The van der Waals surface area contributed by atoms with Gasteiger partial charge in [0.15, 0.2) is 5.82 Å². The fourth-order valence-corrected chi connectivity index (χ4v) is 3.82. The monoisotopic (exact) mass is 444 g/mol. The highest BCUT2D eigenvalue weighted by molar-refractivity contribution is 7.15. The molecular formula is C21H25FN6O2S. The number of methoxy groups -OCH3 is 1. The number of anilines is 2. The molecule has 3 rings (SSSR count). The molecule has 0 aliphatic carbocycles. The van der Waals surface area contributed by atoms with Gasteiger partial charge in [0.2, 0.25) is 5.95 Å². The van der Waals surface area contributed by atoms with Crippen LogP contribution in [-0.4, -0.2) is 41.2 Å². The molecule has 0 saturated carbocycles. The number of nitrogens with two attached hydrogens (primary N) is 1. The molecule has 0 bridgehead atoms. The van der Waals surface area contributed by atoms with Crippen LogP contribution in [-0.2, 0) is 10.2 Å². The molecule has 0 atom stereocenters. The van der Waals surface area contributed by atoms with Gasteiger partial charge in [-0.25, -0.2) is 24.1 Å². The van der Waals surface area contributed by atoms with Crippen LogP contribution in [0.25, 0.3) is 21.8 Å². The first kappa shape index (κ1) is 22.4. The predicted molar refractivity (Wildman–Crippen MR) is 121 cm³/mol. The average Bonchev–Trinajstić information content (AvgIpc) is 3.19. The number of hydrogen-bond donors (Lipinski definition) is 3. The molecule has 10 heteroatoms. The summed E-state index contributed by atoms with van der Waals surface area (Å²) in [5, 5.41) is 6.48. The van der Waals surface area contributed by atoms with Crippen molar-refractivity contribution in [2.75, 3.05) is 31.2 Å². The number of benzene rings is 1. The van der Waals surface area contributed by atoms with Crippen LogP contribution in [0.3, 0.4) is 0 Å². The van der Waals surface area contributed by atoms with Crippen molar-refractivity contribution in [3.05, 3.63) is 41.3 Å². The van der Waals surface area contributed by atoms with Crippen molar-refractivity contribution < 1.29 is 13.9 Å². The molecule has 1 aromatic carbocycles. The van der Waals surface area contributed by atoms with E-state index in [1.807, 2.05) is 0 Å². The number of alkyl carbamates (subject to hydrolysis) is 1. The number of nitrogens with zero attached hydrogens (tertiary/aromatic N) is 3. The summed E-state index contributed by atoms with van der Waals surface area (Å²) in [6, 6.07) is 6.64. The maximum absolute atomic E-state index is 14.8. The highest BCUT2D eigenvalue weighted by atomic mass is 32.1. The first-order chi connectivity index (χ1) is 14.7. The number of thiazole rings is 1. The van der Waals surface area contributed by atoms with Gasteiger partial charge in [-0.15, -0.1) is 11.3 Å². The van der Waals surface area contributed by atoms with Crippen molar-refractivity contribution in [3.63, 3.8) is 0 Å². The summed E-state index contributed by atoms with van der Waals surface area (Å²) in [4.78, 5) is 25.4. The van der Waals surface area contributed by atoms with Gasteiger partial charge in [-0.05, 0) is 18.2 Å². The van der Waals surface area contributed by atoms with Crippen molar-refractivity contribution in [2.45, 2.75) is 26.2 Å². The third-order valence-corrected chi connectivity index (χ3v) is 5.81. The summed E-state index contributed by atoms with van der Waals surface area (Å²) in [5.41, 5.74) is 7.08. The predicted octanol–water partition coefficient (Wildman–Crippen LogP) is 4.05. The van der Waals surface area contributed by atoms with Crippen LogP contribution in [0.5, 0.6) is 0 Å². The Balaban J connectivity index is 1.96. The molecule has 0 spiro atoms. The topological polar surface area (TPSA) is 115 Å². The molecular weight excluding hydrogens is 419 g/mol. The maximum atomic E-state index is 14.8. The van der Waals surface area contributed by atoms with E-state index >= 15 is 0 Å². The molecule has 0 radical (unpaired) electrons. The molecule has 0 unspecified atom stereocenters. The molecule has 8 nitrogen and oxygen atoms in total. The highest BCUT2D eigenvalue weighted by Crippen LogP contribution is 2.41. The largest absolute Gasteiger partial charge is 0.453 e. The van der Waals surface area contributed by atoms with Crippen molar-refractivity contribution in [2.24, 2.45) is 0 Å². The molecule has 0 aliphatic heterocycles. The zero-order chi connectivity index (χ0) is 22.6. The number of halogens is 1. The van der Waals surface area contributed by atoms with Crippen molar-refractivity contribution in [3.8, 4) is 21.8 Å². The van der Waals surface area contributed by atoms with Crippen molar-refractivity contribution >= 4 is 29.1 Å². The number of nitrogens with one attached hydrogen (secondary N) is 2. The molecule has 2 heterocycles. The Morgan fingerprint density at radius 1 is 1.23 bits per heavy atom. The first-order valence-electron chi connectivity index (χ1n) is 9.65. The van der Waals surface area contributed by atoms with Crippen LogP contribution in [0.15, 0.2) is 30.5 Å². The number of rotatable bonds is 6. The molecule has 1 amide bonds. The summed E-state index contributed by atoms with van der Waals surface area (Å²) in [7, 11) is 1.30. The smallest absolute Gasteiger partial charge is 0.406 e. The third kappa shape index (κ3) is 5.26. The molecule has 164 valence electrons. The maximum Gasteiger partial charge on any atom is 0.406 e. The van der Waals surface area contributed by atoms with Gasteiger partial charge in [0.25, 0.3) is 0 Å². The SMILES string of the molecule is COC(=O)NCCNc1nccc(-c2sc(C(C)(C)C)nc2-c2cccc(N)c2F)n1. The van der Waals surface area contributed by atoms with Crippen LogP contribution in [0, 0.1) is 5.82 Å². The lowest BCUT2D eigenvalue weighted by molar-refractivity contribution is 0.171. The van der Waals surface area contributed by atoms with E-state index in [4.69, 9.17) is 10.7 Å². The van der Waals surface area contributed by atoms with Crippen LogP contribution in [0.4, 0.5) is 20.8 Å². The molecule has 0 fully saturated rings. The van der Waals surface area contributed by atoms with Gasteiger partial charge < -0.3 is 21.1 Å². The van der Waals surface area contributed by atoms with Gasteiger partial charge >= 0.3 is 6.09 Å². The zero-order valence-corrected chi connectivity index (χ0v) is 18.6. The van der Waals surface area contributed by atoms with Crippen molar-refractivity contribution in [1.29, 1.82) is 0 Å². The van der Waals surface area contributed by atoms with E-state index in [1.165, 1.54) is 24.5 Å². The molecule has 31 heavy (non-hydrogen) atoms. The Hall–Kier alpha value is -3.27. The minimum atomic E-state index is -0.510. The Labute approximate surface area is 184 Å². The van der Waals surface area contributed by atoms with Gasteiger partial charge in [-0.3, -0.25) is 0 Å². The quantitative estimate of drug-likeness (QED) is 0.388. The number of carbonyl (C=O) groups excluding carboxylic acids is 1. The van der Waals surface area contributed by atoms with Gasteiger partial charge in [-0.1, -0.05) is 26.8 Å². The minimum Gasteiger partial charge on any atom is -0.453 e. The summed E-state index contributed by atoms with van der Waals surface area (Å²) >= 11 is 1.46. The number of amides is 1. The van der Waals surface area contributed by atoms with Gasteiger partial charge in [0.1, 0.15) is 0 Å². The van der Waals surface area contributed by atoms with E-state index in [0.717, 1.165) is 9.88 Å². The second kappa shape index (κ2) is 9.25. The zero-order valence-electron chi connectivity index (χ0n) is 17.8. The van der Waals surface area contributed by atoms with E-state index in [9.17, 15) is 9.18 Å². The van der Waals surface area contributed by atoms with Crippen molar-refractivity contribution in [1.82, 2.24) is 20.3 Å².